The Morgan fingerprint density at radius 3 is 1.77 bits per heavy atom. The van der Waals surface area contributed by atoms with E-state index in [2.05, 4.69) is 16.6 Å². The first kappa shape index (κ1) is 25.0. The zero-order valence-corrected chi connectivity index (χ0v) is 14.4. The number of unbranched alkanes of at least 4 members (excludes halogenated alkanes) is 1. The summed E-state index contributed by atoms with van der Waals surface area (Å²) < 4.78 is 4.40. The summed E-state index contributed by atoms with van der Waals surface area (Å²) in [5, 5.41) is 8.07. The van der Waals surface area contributed by atoms with Crippen molar-refractivity contribution >= 4 is 12.4 Å². The van der Waals surface area contributed by atoms with Crippen LogP contribution in [0.15, 0.2) is 30.6 Å². The van der Waals surface area contributed by atoms with Crippen LogP contribution in [0.5, 0.6) is 0 Å². The summed E-state index contributed by atoms with van der Waals surface area (Å²) in [6, 6.07) is 5.72. The lowest BCUT2D eigenvalue weighted by Crippen LogP contribution is -2.06. The number of ether oxygens (including phenoxy) is 1. The summed E-state index contributed by atoms with van der Waals surface area (Å²) >= 11 is 0. The largest absolute Gasteiger partial charge is 0.466 e. The Labute approximate surface area is 134 Å². The van der Waals surface area contributed by atoms with Gasteiger partial charge in [0.2, 0.25) is 6.41 Å². The van der Waals surface area contributed by atoms with Crippen molar-refractivity contribution in [1.82, 2.24) is 9.88 Å². The first-order valence-corrected chi connectivity index (χ1v) is 7.17. The van der Waals surface area contributed by atoms with E-state index in [-0.39, 0.29) is 5.97 Å². The molecule has 0 radical (unpaired) electrons. The Kier molecular flexibility index (Phi) is 27.4. The molecule has 0 spiro atoms. The third-order valence-electron chi connectivity index (χ3n) is 1.64. The van der Waals surface area contributed by atoms with E-state index in [1.165, 1.54) is 11.8 Å². The van der Waals surface area contributed by atoms with E-state index in [0.29, 0.717) is 13.2 Å². The number of aliphatic hydroxyl groups excluding tert-OH is 1. The SMILES string of the molecule is CCCCO.CCOC(C)=O.CN(C)C=O.c1ccncc1. The van der Waals surface area contributed by atoms with Gasteiger partial charge in [0.05, 0.1) is 6.61 Å². The molecule has 0 bridgehead atoms. The maximum Gasteiger partial charge on any atom is 0.302 e. The highest BCUT2D eigenvalue weighted by Gasteiger charge is 1.81. The molecule has 0 aromatic carbocycles. The Morgan fingerprint density at radius 2 is 1.73 bits per heavy atom. The third-order valence-corrected chi connectivity index (χ3v) is 1.64. The summed E-state index contributed by atoms with van der Waals surface area (Å²) in [6.07, 6.45) is 6.29. The Bertz CT molecular complexity index is 290. The van der Waals surface area contributed by atoms with Crippen molar-refractivity contribution in [3.63, 3.8) is 0 Å². The van der Waals surface area contributed by atoms with Gasteiger partial charge in [0.15, 0.2) is 0 Å². The molecule has 1 amide bonds. The second-order valence-corrected chi connectivity index (χ2v) is 4.10. The fraction of sp³-hybridized carbons (Fsp3) is 0.562. The van der Waals surface area contributed by atoms with E-state index in [1.54, 1.807) is 33.4 Å². The molecule has 0 atom stereocenters. The molecule has 1 aromatic heterocycles. The second-order valence-electron chi connectivity index (χ2n) is 4.10. The first-order valence-electron chi connectivity index (χ1n) is 7.17. The highest BCUT2D eigenvalue weighted by molar-refractivity contribution is 5.65. The molecule has 1 rings (SSSR count). The highest BCUT2D eigenvalue weighted by atomic mass is 16.5. The predicted octanol–water partition coefficient (Wildman–Crippen LogP) is 2.13. The Hall–Kier alpha value is -1.95. The average Bonchev–Trinajstić information content (AvgIpc) is 2.51. The highest BCUT2D eigenvalue weighted by Crippen LogP contribution is 1.78. The zero-order valence-electron chi connectivity index (χ0n) is 14.4. The minimum Gasteiger partial charge on any atom is -0.466 e. The lowest BCUT2D eigenvalue weighted by molar-refractivity contribution is -0.140. The maximum absolute atomic E-state index is 9.82. The van der Waals surface area contributed by atoms with Crippen molar-refractivity contribution in [1.29, 1.82) is 0 Å². The average molecular weight is 314 g/mol. The van der Waals surface area contributed by atoms with Gasteiger partial charge in [0.25, 0.3) is 0 Å². The maximum atomic E-state index is 9.82. The number of esters is 1. The zero-order chi connectivity index (χ0) is 17.6. The molecule has 0 fully saturated rings. The van der Waals surface area contributed by atoms with Crippen molar-refractivity contribution in [3.8, 4) is 0 Å². The molecular formula is C16H30N2O4. The van der Waals surface area contributed by atoms with E-state index in [1.807, 2.05) is 18.2 Å². The molecular weight excluding hydrogens is 284 g/mol. The lowest BCUT2D eigenvalue weighted by atomic mass is 10.4. The van der Waals surface area contributed by atoms with Gasteiger partial charge in [-0.05, 0) is 25.5 Å². The second kappa shape index (κ2) is 24.1. The van der Waals surface area contributed by atoms with Gasteiger partial charge in [-0.2, -0.15) is 0 Å². The van der Waals surface area contributed by atoms with Gasteiger partial charge in [-0.15, -0.1) is 0 Å². The Balaban J connectivity index is -0.000000220. The van der Waals surface area contributed by atoms with Crippen LogP contribution in [0.25, 0.3) is 0 Å². The van der Waals surface area contributed by atoms with Crippen LogP contribution in [0.4, 0.5) is 0 Å². The molecule has 1 N–H and O–H groups in total. The third kappa shape index (κ3) is 43.0. The van der Waals surface area contributed by atoms with E-state index in [4.69, 9.17) is 5.11 Å². The van der Waals surface area contributed by atoms with Crippen molar-refractivity contribution in [3.05, 3.63) is 30.6 Å². The number of nitrogens with zero attached hydrogens (tertiary/aromatic N) is 2. The summed E-state index contributed by atoms with van der Waals surface area (Å²) in [6.45, 7) is 6.05. The quantitative estimate of drug-likeness (QED) is 0.680. The fourth-order valence-electron chi connectivity index (χ4n) is 0.674. The smallest absolute Gasteiger partial charge is 0.302 e. The number of hydrogen-bond donors (Lipinski definition) is 1. The van der Waals surface area contributed by atoms with Gasteiger partial charge >= 0.3 is 5.97 Å². The lowest BCUT2D eigenvalue weighted by Gasteiger charge is -1.93. The van der Waals surface area contributed by atoms with Gasteiger partial charge in [0.1, 0.15) is 0 Å². The van der Waals surface area contributed by atoms with Crippen LogP contribution in [0, 0.1) is 0 Å². The van der Waals surface area contributed by atoms with Crippen LogP contribution in [-0.2, 0) is 14.3 Å². The van der Waals surface area contributed by atoms with Crippen LogP contribution in [-0.4, -0.2) is 54.7 Å². The molecule has 22 heavy (non-hydrogen) atoms. The minimum absolute atomic E-state index is 0.211. The van der Waals surface area contributed by atoms with Crippen LogP contribution in [0.3, 0.4) is 0 Å². The van der Waals surface area contributed by atoms with Gasteiger partial charge in [-0.1, -0.05) is 19.4 Å². The number of hydrogen-bond acceptors (Lipinski definition) is 5. The van der Waals surface area contributed by atoms with Crippen LogP contribution < -0.4 is 0 Å². The molecule has 6 heteroatoms. The number of carbonyl (C=O) groups is 2. The number of rotatable bonds is 4. The first-order chi connectivity index (χ1) is 10.5. The molecule has 0 aliphatic heterocycles. The van der Waals surface area contributed by atoms with E-state index < -0.39 is 0 Å². The molecule has 1 aromatic rings. The van der Waals surface area contributed by atoms with Crippen LogP contribution in [0.1, 0.15) is 33.6 Å². The van der Waals surface area contributed by atoms with E-state index in [0.717, 1.165) is 19.3 Å². The number of pyridine rings is 1. The number of carbonyl (C=O) groups excluding carboxylic acids is 2. The monoisotopic (exact) mass is 314 g/mol. The summed E-state index contributed by atoms with van der Waals surface area (Å²) in [7, 11) is 3.38. The Morgan fingerprint density at radius 1 is 1.23 bits per heavy atom. The van der Waals surface area contributed by atoms with Crippen molar-refractivity contribution < 1.29 is 19.4 Å². The summed E-state index contributed by atoms with van der Waals surface area (Å²) in [5.41, 5.74) is 0. The molecule has 0 unspecified atom stereocenters. The standard InChI is InChI=1S/C5H5N.C4H8O2.C4H10O.C3H7NO/c1-2-4-6-5-3-1;1-3-6-4(2)5;1-2-3-4-5;1-4(2)3-5/h1-5H;3H2,1-2H3;5H,2-4H2,1H3;3H,1-2H3. The number of amides is 1. The summed E-state index contributed by atoms with van der Waals surface area (Å²) in [4.78, 5) is 24.5. The topological polar surface area (TPSA) is 79.7 Å². The van der Waals surface area contributed by atoms with Crippen molar-refractivity contribution in [2.45, 2.75) is 33.6 Å². The van der Waals surface area contributed by atoms with Crippen molar-refractivity contribution in [2.75, 3.05) is 27.3 Å². The van der Waals surface area contributed by atoms with E-state index in [9.17, 15) is 9.59 Å². The van der Waals surface area contributed by atoms with Gasteiger partial charge < -0.3 is 14.7 Å². The van der Waals surface area contributed by atoms with E-state index >= 15 is 0 Å². The molecule has 6 nitrogen and oxygen atoms in total. The fourth-order valence-corrected chi connectivity index (χ4v) is 0.674. The molecule has 1 heterocycles. The minimum atomic E-state index is -0.211. The molecule has 0 saturated carbocycles. The number of aromatic nitrogens is 1. The van der Waals surface area contributed by atoms with Crippen LogP contribution >= 0.6 is 0 Å². The van der Waals surface area contributed by atoms with Crippen molar-refractivity contribution in [2.24, 2.45) is 0 Å². The predicted molar refractivity (Wildman–Crippen MR) is 88.3 cm³/mol. The number of aliphatic hydroxyl groups is 1. The molecule has 0 aliphatic carbocycles. The van der Waals surface area contributed by atoms with Crippen LogP contribution in [0.2, 0.25) is 0 Å². The normalized spacial score (nSPS) is 7.73. The summed E-state index contributed by atoms with van der Waals surface area (Å²) in [5.74, 6) is -0.211. The molecule has 0 saturated heterocycles. The molecule has 0 aliphatic rings. The van der Waals surface area contributed by atoms with Gasteiger partial charge in [-0.3, -0.25) is 14.6 Å². The van der Waals surface area contributed by atoms with Gasteiger partial charge in [-0.25, -0.2) is 0 Å². The van der Waals surface area contributed by atoms with Gasteiger partial charge in [0, 0.05) is 40.0 Å². The molecule has 128 valence electrons.